The highest BCUT2D eigenvalue weighted by Gasteiger charge is 2.36. The maximum atomic E-state index is 12.6. The molecule has 1 aromatic carbocycles. The number of carbonyl (C=O) groups is 1. The molecule has 1 fully saturated rings. The van der Waals surface area contributed by atoms with E-state index < -0.39 is 15.7 Å². The molecule has 1 saturated carbocycles. The number of fused-ring (bicyclic) bond motifs is 1. The Kier molecular flexibility index (Phi) is 6.73. The van der Waals surface area contributed by atoms with Crippen LogP contribution in [0, 0.1) is 0 Å². The second-order valence-corrected chi connectivity index (χ2v) is 11.3. The van der Waals surface area contributed by atoms with Crippen LogP contribution in [0.2, 0.25) is 0 Å². The van der Waals surface area contributed by atoms with Gasteiger partial charge >= 0.3 is 5.91 Å². The van der Waals surface area contributed by atoms with Crippen LogP contribution in [0.5, 0.6) is 5.88 Å². The number of sulfone groups is 1. The van der Waals surface area contributed by atoms with Gasteiger partial charge in [0.15, 0.2) is 15.0 Å². The average molecular weight is 489 g/mol. The number of aromatic nitrogens is 2. The first-order valence-corrected chi connectivity index (χ1v) is 12.9. The fourth-order valence-corrected chi connectivity index (χ4v) is 5.66. The first kappa shape index (κ1) is 23.3. The van der Waals surface area contributed by atoms with E-state index in [9.17, 15) is 13.2 Å². The number of carbonyl (C=O) groups excluding carboxylic acids is 1. The molecule has 2 aromatic heterocycles. The van der Waals surface area contributed by atoms with Crippen molar-refractivity contribution >= 4 is 48.3 Å². The molecule has 0 saturated heterocycles. The van der Waals surface area contributed by atoms with Crippen LogP contribution in [-0.2, 0) is 14.6 Å². The third-order valence-electron chi connectivity index (χ3n) is 5.15. The van der Waals surface area contributed by atoms with Gasteiger partial charge in [0.2, 0.25) is 5.88 Å². The Hall–Kier alpha value is -2.89. The minimum absolute atomic E-state index is 0.0255. The summed E-state index contributed by atoms with van der Waals surface area (Å²) < 4.78 is 30.3. The highest BCUT2D eigenvalue weighted by Crippen LogP contribution is 2.33. The zero-order valence-electron chi connectivity index (χ0n) is 18.4. The van der Waals surface area contributed by atoms with Gasteiger partial charge in [-0.25, -0.2) is 23.8 Å². The van der Waals surface area contributed by atoms with Crippen molar-refractivity contribution in [1.29, 1.82) is 0 Å². The number of hydrogen-bond acceptors (Lipinski definition) is 8. The lowest BCUT2D eigenvalue weighted by atomic mass is 10.1. The molecule has 3 aromatic rings. The molecule has 0 spiro atoms. The van der Waals surface area contributed by atoms with E-state index in [4.69, 9.17) is 10.1 Å². The van der Waals surface area contributed by atoms with Gasteiger partial charge in [-0.1, -0.05) is 11.3 Å². The lowest BCUT2D eigenvalue weighted by Crippen LogP contribution is -2.47. The van der Waals surface area contributed by atoms with E-state index in [0.717, 1.165) is 13.0 Å². The molecular formula is C22H26N5O4S2+. The first-order valence-electron chi connectivity index (χ1n) is 10.6. The van der Waals surface area contributed by atoms with Crippen LogP contribution < -0.4 is 15.5 Å². The number of nitrogens with two attached hydrogens (primary N) is 1. The highest BCUT2D eigenvalue weighted by atomic mass is 32.2. The number of ether oxygens (including phenoxy) is 1. The predicted octanol–water partition coefficient (Wildman–Crippen LogP) is 1.14. The Bertz CT molecular complexity index is 1280. The van der Waals surface area contributed by atoms with Crippen molar-refractivity contribution in [1.82, 2.24) is 14.9 Å². The summed E-state index contributed by atoms with van der Waals surface area (Å²) in [5.74, 6) is -0.0119. The zero-order valence-corrected chi connectivity index (χ0v) is 20.1. The van der Waals surface area contributed by atoms with Crippen LogP contribution in [0.15, 0.2) is 41.3 Å². The van der Waals surface area contributed by atoms with Crippen LogP contribution in [0.3, 0.4) is 0 Å². The Labute approximate surface area is 196 Å². The number of anilines is 1. The van der Waals surface area contributed by atoms with Crippen molar-refractivity contribution in [2.45, 2.75) is 29.4 Å². The van der Waals surface area contributed by atoms with Crippen LogP contribution in [-0.4, -0.2) is 67.4 Å². The summed E-state index contributed by atoms with van der Waals surface area (Å²) in [4.78, 5) is 24.4. The van der Waals surface area contributed by atoms with Gasteiger partial charge in [-0.3, -0.25) is 10.1 Å². The Morgan fingerprint density at radius 2 is 1.91 bits per heavy atom. The number of nitrogens with one attached hydrogen (secondary N) is 1. The fraction of sp³-hybridized carbons (Fsp3) is 0.364. The van der Waals surface area contributed by atoms with Crippen molar-refractivity contribution in [3.05, 3.63) is 42.0 Å². The second-order valence-electron chi connectivity index (χ2n) is 8.13. The lowest BCUT2D eigenvalue weighted by molar-refractivity contribution is -0.132. The molecule has 0 unspecified atom stereocenters. The number of nitrogens with zero attached hydrogens (tertiary/aromatic N) is 3. The van der Waals surface area contributed by atoms with Crippen molar-refractivity contribution in [2.24, 2.45) is 0 Å². The van der Waals surface area contributed by atoms with E-state index in [1.165, 1.54) is 23.5 Å². The number of benzene rings is 1. The molecule has 33 heavy (non-hydrogen) atoms. The third-order valence-corrected chi connectivity index (χ3v) is 8.31. The zero-order chi connectivity index (χ0) is 23.6. The largest absolute Gasteiger partial charge is 0.478 e. The molecular weight excluding hydrogens is 462 g/mol. The summed E-state index contributed by atoms with van der Waals surface area (Å²) >= 11 is 1.22. The molecule has 0 bridgehead atoms. The molecule has 1 aliphatic carbocycles. The summed E-state index contributed by atoms with van der Waals surface area (Å²) in [5.41, 5.74) is 1.06. The summed E-state index contributed by atoms with van der Waals surface area (Å²) in [7, 11) is 0.735. The van der Waals surface area contributed by atoms with Crippen LogP contribution in [0.25, 0.3) is 10.3 Å². The maximum Gasteiger partial charge on any atom is 0.322 e. The number of amides is 1. The van der Waals surface area contributed by atoms with E-state index in [1.54, 1.807) is 24.3 Å². The summed E-state index contributed by atoms with van der Waals surface area (Å²) in [6.07, 6.45) is 2.28. The molecule has 1 aliphatic rings. The SMILES string of the molecule is CN(C)CCCOc1ccc2nc(NC(=O)C(=[NH2+])c3ccc(S(=O)(=O)C4CC4)cc3)sc2n1. The first-order chi connectivity index (χ1) is 15.7. The molecule has 0 aliphatic heterocycles. The standard InChI is InChI=1S/C22H25N5O4S2/c1-27(2)12-3-13-31-18-11-10-17-21(25-18)32-22(24-17)26-20(28)19(23)14-4-6-15(7-5-14)33(29,30)16-8-9-16/h4-7,10-11,16,23H,3,8-9,12-13H2,1-2H3,(H,24,26,28)/p+1. The quantitative estimate of drug-likeness (QED) is 0.324. The third kappa shape index (κ3) is 5.55. The Morgan fingerprint density at radius 3 is 2.58 bits per heavy atom. The molecule has 174 valence electrons. The maximum absolute atomic E-state index is 12.6. The number of thiazole rings is 1. The van der Waals surface area contributed by atoms with Gasteiger partial charge in [0.1, 0.15) is 10.3 Å². The highest BCUT2D eigenvalue weighted by molar-refractivity contribution is 7.92. The monoisotopic (exact) mass is 488 g/mol. The molecule has 4 rings (SSSR count). The van der Waals surface area contributed by atoms with Gasteiger partial charge < -0.3 is 9.64 Å². The average Bonchev–Trinajstić information content (AvgIpc) is 3.57. The molecule has 9 nitrogen and oxygen atoms in total. The van der Waals surface area contributed by atoms with Gasteiger partial charge in [-0.15, -0.1) is 0 Å². The van der Waals surface area contributed by atoms with Crippen LogP contribution in [0.1, 0.15) is 24.8 Å². The number of hydrogen-bond donors (Lipinski definition) is 2. The van der Waals surface area contributed by atoms with Gasteiger partial charge in [0.05, 0.1) is 22.3 Å². The fourth-order valence-electron chi connectivity index (χ4n) is 3.18. The van der Waals surface area contributed by atoms with Crippen LogP contribution >= 0.6 is 11.3 Å². The van der Waals surface area contributed by atoms with Crippen LogP contribution in [0.4, 0.5) is 5.13 Å². The van der Waals surface area contributed by atoms with Crippen molar-refractivity contribution in [3.8, 4) is 5.88 Å². The summed E-state index contributed by atoms with van der Waals surface area (Å²) in [6.45, 7) is 1.49. The van der Waals surface area contributed by atoms with E-state index in [0.29, 0.717) is 46.4 Å². The lowest BCUT2D eigenvalue weighted by Gasteiger charge is -2.09. The number of pyridine rings is 1. The van der Waals surface area contributed by atoms with Gasteiger partial charge in [-0.2, -0.15) is 0 Å². The van der Waals surface area contributed by atoms with E-state index in [1.807, 2.05) is 14.1 Å². The van der Waals surface area contributed by atoms with Crippen molar-refractivity contribution in [3.63, 3.8) is 0 Å². The topological polar surface area (TPSA) is 127 Å². The van der Waals surface area contributed by atoms with Crippen molar-refractivity contribution in [2.75, 3.05) is 32.6 Å². The minimum atomic E-state index is -3.29. The molecule has 3 N–H and O–H groups in total. The Morgan fingerprint density at radius 1 is 1.18 bits per heavy atom. The number of rotatable bonds is 10. The summed E-state index contributed by atoms with van der Waals surface area (Å²) in [6, 6.07) is 9.62. The van der Waals surface area contributed by atoms with E-state index in [2.05, 4.69) is 20.2 Å². The van der Waals surface area contributed by atoms with Gasteiger partial charge in [-0.05, 0) is 63.7 Å². The molecule has 0 atom stereocenters. The second kappa shape index (κ2) is 9.54. The van der Waals surface area contributed by atoms with Gasteiger partial charge in [0, 0.05) is 12.6 Å². The normalized spacial score (nSPS) is 13.9. The smallest absolute Gasteiger partial charge is 0.322 e. The van der Waals surface area contributed by atoms with Crippen molar-refractivity contribution < 1.29 is 23.4 Å². The predicted molar refractivity (Wildman–Crippen MR) is 127 cm³/mol. The van der Waals surface area contributed by atoms with E-state index in [-0.39, 0.29) is 15.9 Å². The minimum Gasteiger partial charge on any atom is -0.478 e. The molecule has 0 radical (unpaired) electrons. The van der Waals surface area contributed by atoms with E-state index >= 15 is 0 Å². The molecule has 1 amide bonds. The van der Waals surface area contributed by atoms with Gasteiger partial charge in [0.25, 0.3) is 5.71 Å². The Balaban J connectivity index is 1.39. The summed E-state index contributed by atoms with van der Waals surface area (Å²) in [5, 5.41) is 8.78. The molecule has 11 heteroatoms. The molecule has 2 heterocycles.